The Morgan fingerprint density at radius 1 is 1.07 bits per heavy atom. The Morgan fingerprint density at radius 2 is 1.79 bits per heavy atom. The first-order chi connectivity index (χ1) is 14.1. The summed E-state index contributed by atoms with van der Waals surface area (Å²) in [6.07, 6.45) is 1.70. The molecule has 0 atom stereocenters. The smallest absolute Gasteiger partial charge is 0.240 e. The van der Waals surface area contributed by atoms with Crippen LogP contribution in [0.1, 0.15) is 12.5 Å². The van der Waals surface area contributed by atoms with Crippen molar-refractivity contribution in [2.24, 2.45) is 4.99 Å². The SMILES string of the molecule is C=CCOc1ccccc1CN=C(NCC)NCCNS(=O)(=O)c1ccccc1. The molecule has 0 aliphatic rings. The lowest BCUT2D eigenvalue weighted by Crippen LogP contribution is -2.41. The van der Waals surface area contributed by atoms with Crippen molar-refractivity contribution in [1.29, 1.82) is 0 Å². The molecule has 29 heavy (non-hydrogen) atoms. The fourth-order valence-electron chi connectivity index (χ4n) is 2.48. The molecule has 0 aliphatic heterocycles. The molecule has 2 aromatic rings. The van der Waals surface area contributed by atoms with E-state index in [0.29, 0.717) is 32.2 Å². The van der Waals surface area contributed by atoms with Gasteiger partial charge in [0.25, 0.3) is 0 Å². The number of benzene rings is 2. The number of sulfonamides is 1. The van der Waals surface area contributed by atoms with Gasteiger partial charge >= 0.3 is 0 Å². The molecule has 0 radical (unpaired) electrons. The van der Waals surface area contributed by atoms with E-state index in [1.165, 1.54) is 0 Å². The minimum Gasteiger partial charge on any atom is -0.489 e. The van der Waals surface area contributed by atoms with E-state index < -0.39 is 10.0 Å². The first-order valence-corrected chi connectivity index (χ1v) is 10.9. The molecule has 0 unspecified atom stereocenters. The lowest BCUT2D eigenvalue weighted by atomic mass is 10.2. The highest BCUT2D eigenvalue weighted by Gasteiger charge is 2.12. The monoisotopic (exact) mass is 416 g/mol. The van der Waals surface area contributed by atoms with Crippen molar-refractivity contribution in [2.75, 3.05) is 26.2 Å². The van der Waals surface area contributed by atoms with Crippen LogP contribution in [0.3, 0.4) is 0 Å². The predicted octanol–water partition coefficient (Wildman–Crippen LogP) is 2.29. The molecule has 0 saturated carbocycles. The molecule has 0 fully saturated rings. The third-order valence-corrected chi connectivity index (χ3v) is 5.32. The Bertz CT molecular complexity index is 899. The highest BCUT2D eigenvalue weighted by atomic mass is 32.2. The van der Waals surface area contributed by atoms with E-state index in [-0.39, 0.29) is 11.4 Å². The highest BCUT2D eigenvalue weighted by Crippen LogP contribution is 2.18. The van der Waals surface area contributed by atoms with Crippen LogP contribution >= 0.6 is 0 Å². The Morgan fingerprint density at radius 3 is 2.52 bits per heavy atom. The average Bonchev–Trinajstić information content (AvgIpc) is 2.74. The third kappa shape index (κ3) is 7.59. The predicted molar refractivity (Wildman–Crippen MR) is 117 cm³/mol. The number of para-hydroxylation sites is 1. The second-order valence-electron chi connectivity index (χ2n) is 6.04. The van der Waals surface area contributed by atoms with Crippen LogP contribution in [0.5, 0.6) is 5.75 Å². The molecule has 156 valence electrons. The Balaban J connectivity index is 1.91. The average molecular weight is 417 g/mol. The van der Waals surface area contributed by atoms with Gasteiger partial charge in [-0.05, 0) is 25.1 Å². The molecule has 2 aromatic carbocycles. The van der Waals surface area contributed by atoms with E-state index in [1.807, 2.05) is 31.2 Å². The zero-order valence-electron chi connectivity index (χ0n) is 16.6. The molecule has 8 heteroatoms. The second-order valence-corrected chi connectivity index (χ2v) is 7.81. The molecule has 0 aromatic heterocycles. The zero-order valence-corrected chi connectivity index (χ0v) is 17.4. The summed E-state index contributed by atoms with van der Waals surface area (Å²) in [4.78, 5) is 4.80. The number of ether oxygens (including phenoxy) is 1. The van der Waals surface area contributed by atoms with Crippen LogP contribution in [-0.4, -0.2) is 40.6 Å². The van der Waals surface area contributed by atoms with E-state index in [2.05, 4.69) is 26.9 Å². The minimum absolute atomic E-state index is 0.237. The van der Waals surface area contributed by atoms with Gasteiger partial charge in [-0.2, -0.15) is 0 Å². The number of guanidine groups is 1. The molecule has 0 aliphatic carbocycles. The van der Waals surface area contributed by atoms with Gasteiger partial charge < -0.3 is 15.4 Å². The summed E-state index contributed by atoms with van der Waals surface area (Å²) in [5.74, 6) is 1.37. The van der Waals surface area contributed by atoms with E-state index in [9.17, 15) is 8.42 Å². The maximum absolute atomic E-state index is 12.2. The Labute approximate surface area is 173 Å². The summed E-state index contributed by atoms with van der Waals surface area (Å²) >= 11 is 0. The topological polar surface area (TPSA) is 91.8 Å². The molecule has 0 heterocycles. The van der Waals surface area contributed by atoms with Gasteiger partial charge in [-0.1, -0.05) is 49.1 Å². The van der Waals surface area contributed by atoms with Crippen molar-refractivity contribution >= 4 is 16.0 Å². The van der Waals surface area contributed by atoms with Gasteiger partial charge in [-0.3, -0.25) is 0 Å². The molecular formula is C21H28N4O3S. The number of nitrogens with zero attached hydrogens (tertiary/aromatic N) is 1. The van der Waals surface area contributed by atoms with E-state index in [0.717, 1.165) is 11.3 Å². The summed E-state index contributed by atoms with van der Waals surface area (Å²) < 4.78 is 32.7. The molecule has 0 bridgehead atoms. The van der Waals surface area contributed by atoms with Crippen molar-refractivity contribution in [2.45, 2.75) is 18.4 Å². The van der Waals surface area contributed by atoms with Gasteiger partial charge in [0, 0.05) is 25.2 Å². The zero-order chi connectivity index (χ0) is 21.0. The van der Waals surface area contributed by atoms with Crippen molar-refractivity contribution in [3.05, 3.63) is 72.8 Å². The Kier molecular flexibility index (Phi) is 9.20. The molecule has 7 nitrogen and oxygen atoms in total. The number of hydrogen-bond donors (Lipinski definition) is 3. The second kappa shape index (κ2) is 11.9. The van der Waals surface area contributed by atoms with Crippen molar-refractivity contribution in [3.63, 3.8) is 0 Å². The number of hydrogen-bond acceptors (Lipinski definition) is 4. The number of nitrogens with one attached hydrogen (secondary N) is 3. The summed E-state index contributed by atoms with van der Waals surface area (Å²) in [7, 11) is -3.52. The molecule has 0 spiro atoms. The fraction of sp³-hybridized carbons (Fsp3) is 0.286. The van der Waals surface area contributed by atoms with Crippen LogP contribution in [0, 0.1) is 0 Å². The lowest BCUT2D eigenvalue weighted by Gasteiger charge is -2.13. The van der Waals surface area contributed by atoms with Crippen LogP contribution in [0.25, 0.3) is 0 Å². The lowest BCUT2D eigenvalue weighted by molar-refractivity contribution is 0.359. The van der Waals surface area contributed by atoms with E-state index in [1.54, 1.807) is 36.4 Å². The first kappa shape index (κ1) is 22.4. The largest absolute Gasteiger partial charge is 0.489 e. The molecule has 0 saturated heterocycles. The number of rotatable bonds is 11. The van der Waals surface area contributed by atoms with Gasteiger partial charge in [0.15, 0.2) is 5.96 Å². The van der Waals surface area contributed by atoms with Crippen molar-refractivity contribution < 1.29 is 13.2 Å². The van der Waals surface area contributed by atoms with E-state index in [4.69, 9.17) is 4.74 Å². The van der Waals surface area contributed by atoms with Gasteiger partial charge in [0.2, 0.25) is 10.0 Å². The quantitative estimate of drug-likeness (QED) is 0.226. The third-order valence-electron chi connectivity index (χ3n) is 3.84. The summed E-state index contributed by atoms with van der Waals surface area (Å²) in [6.45, 7) is 7.81. The van der Waals surface area contributed by atoms with Crippen molar-refractivity contribution in [3.8, 4) is 5.75 Å². The first-order valence-electron chi connectivity index (χ1n) is 9.45. The number of aliphatic imine (C=N–C) groups is 1. The maximum atomic E-state index is 12.2. The van der Waals surface area contributed by atoms with Gasteiger partial charge in [-0.25, -0.2) is 18.1 Å². The normalized spacial score (nSPS) is 11.7. The molecular weight excluding hydrogens is 388 g/mol. The highest BCUT2D eigenvalue weighted by molar-refractivity contribution is 7.89. The molecule has 0 amide bonds. The standard InChI is InChI=1S/C21H28N4O3S/c1-3-16-28-20-13-9-8-10-18(20)17-24-21(22-4-2)23-14-15-25-29(26,27)19-11-6-5-7-12-19/h3,5-13,25H,1,4,14-17H2,2H3,(H2,22,23,24). The Hall–Kier alpha value is -2.84. The van der Waals surface area contributed by atoms with Crippen LogP contribution in [0.15, 0.2) is 77.1 Å². The summed E-state index contributed by atoms with van der Waals surface area (Å²) in [6, 6.07) is 16.0. The van der Waals surface area contributed by atoms with Crippen LogP contribution in [-0.2, 0) is 16.6 Å². The van der Waals surface area contributed by atoms with Gasteiger partial charge in [0.1, 0.15) is 12.4 Å². The fourth-order valence-corrected chi connectivity index (χ4v) is 3.53. The van der Waals surface area contributed by atoms with Crippen LogP contribution in [0.2, 0.25) is 0 Å². The van der Waals surface area contributed by atoms with E-state index >= 15 is 0 Å². The van der Waals surface area contributed by atoms with Crippen LogP contribution in [0.4, 0.5) is 0 Å². The molecule has 2 rings (SSSR count). The molecule has 3 N–H and O–H groups in total. The van der Waals surface area contributed by atoms with Gasteiger partial charge in [-0.15, -0.1) is 0 Å². The maximum Gasteiger partial charge on any atom is 0.240 e. The summed E-state index contributed by atoms with van der Waals surface area (Å²) in [5.41, 5.74) is 0.955. The van der Waals surface area contributed by atoms with Gasteiger partial charge in [0.05, 0.1) is 11.4 Å². The van der Waals surface area contributed by atoms with Crippen LogP contribution < -0.4 is 20.1 Å². The summed E-state index contributed by atoms with van der Waals surface area (Å²) in [5, 5.41) is 6.28. The van der Waals surface area contributed by atoms with Crippen molar-refractivity contribution in [1.82, 2.24) is 15.4 Å². The minimum atomic E-state index is -3.52.